The minimum absolute atomic E-state index is 0.109. The molecule has 10 heteroatoms. The molecule has 1 aromatic heterocycles. The minimum Gasteiger partial charge on any atom is -0.367 e. The van der Waals surface area contributed by atoms with Crippen LogP contribution in [-0.4, -0.2) is 48.0 Å². The summed E-state index contributed by atoms with van der Waals surface area (Å²) in [7, 11) is 0. The molecule has 0 N–H and O–H groups in total. The average molecular weight is 485 g/mol. The Morgan fingerprint density at radius 3 is 2.39 bits per heavy atom. The summed E-state index contributed by atoms with van der Waals surface area (Å²) in [6.45, 7) is 4.08. The van der Waals surface area contributed by atoms with E-state index in [2.05, 4.69) is 9.88 Å². The lowest BCUT2D eigenvalue weighted by Gasteiger charge is -2.36. The molecule has 0 saturated carbocycles. The van der Waals surface area contributed by atoms with Crippen LogP contribution in [0.25, 0.3) is 10.9 Å². The summed E-state index contributed by atoms with van der Waals surface area (Å²) in [4.78, 5) is 8.30. The standard InChI is InChI=1S/C23H21F6N3S/c1-14-8-18(25)20(11-21(14)33-13-23(27,28)29)32-6-4-31(5-7-32)12-15-2-3-30-22-17(15)9-16(24)10-19(22)26/h2-3,8-11H,4-7,12-13H2,1H3. The van der Waals surface area contributed by atoms with E-state index in [9.17, 15) is 26.3 Å². The van der Waals surface area contributed by atoms with Crippen molar-refractivity contribution in [2.45, 2.75) is 24.5 Å². The quantitative estimate of drug-likeness (QED) is 0.329. The Balaban J connectivity index is 1.46. The monoisotopic (exact) mass is 485 g/mol. The van der Waals surface area contributed by atoms with Gasteiger partial charge < -0.3 is 4.90 Å². The number of fused-ring (bicyclic) bond motifs is 1. The largest absolute Gasteiger partial charge is 0.398 e. The summed E-state index contributed by atoms with van der Waals surface area (Å²) >= 11 is 0.651. The van der Waals surface area contributed by atoms with Crippen LogP contribution in [0, 0.1) is 24.4 Å². The molecular formula is C23H21F6N3S. The Morgan fingerprint density at radius 1 is 0.970 bits per heavy atom. The molecule has 0 radical (unpaired) electrons. The third-order valence-electron chi connectivity index (χ3n) is 5.60. The number of halogens is 6. The summed E-state index contributed by atoms with van der Waals surface area (Å²) < 4.78 is 80.2. The number of aryl methyl sites for hydroxylation is 1. The summed E-state index contributed by atoms with van der Waals surface area (Å²) in [5.41, 5.74) is 1.59. The van der Waals surface area contributed by atoms with Gasteiger partial charge in [-0.2, -0.15) is 13.2 Å². The van der Waals surface area contributed by atoms with E-state index < -0.39 is 29.4 Å². The zero-order valence-electron chi connectivity index (χ0n) is 17.7. The van der Waals surface area contributed by atoms with Crippen LogP contribution in [0.1, 0.15) is 11.1 Å². The van der Waals surface area contributed by atoms with Crippen molar-refractivity contribution in [3.8, 4) is 0 Å². The third-order valence-corrected chi connectivity index (χ3v) is 6.82. The van der Waals surface area contributed by atoms with Crippen molar-refractivity contribution in [3.63, 3.8) is 0 Å². The molecule has 3 nitrogen and oxygen atoms in total. The molecule has 1 aliphatic rings. The third kappa shape index (κ3) is 5.55. The zero-order chi connectivity index (χ0) is 23.8. The molecule has 0 atom stereocenters. The molecule has 2 aromatic carbocycles. The van der Waals surface area contributed by atoms with Gasteiger partial charge in [-0.3, -0.25) is 9.88 Å². The van der Waals surface area contributed by atoms with Crippen LogP contribution in [0.5, 0.6) is 0 Å². The molecular weight excluding hydrogens is 464 g/mol. The van der Waals surface area contributed by atoms with E-state index in [1.807, 2.05) is 4.90 Å². The summed E-state index contributed by atoms with van der Waals surface area (Å²) in [6, 6.07) is 6.54. The molecule has 0 spiro atoms. The van der Waals surface area contributed by atoms with E-state index in [0.29, 0.717) is 60.3 Å². The zero-order valence-corrected chi connectivity index (χ0v) is 18.5. The number of anilines is 1. The number of thioether (sulfide) groups is 1. The van der Waals surface area contributed by atoms with E-state index in [-0.39, 0.29) is 11.2 Å². The molecule has 2 heterocycles. The molecule has 4 rings (SSSR count). The van der Waals surface area contributed by atoms with Crippen LogP contribution in [0.15, 0.2) is 41.4 Å². The van der Waals surface area contributed by atoms with E-state index >= 15 is 0 Å². The maximum absolute atomic E-state index is 14.6. The minimum atomic E-state index is -4.31. The fourth-order valence-electron chi connectivity index (χ4n) is 3.96. The Labute approximate surface area is 191 Å². The molecule has 1 saturated heterocycles. The van der Waals surface area contributed by atoms with Gasteiger partial charge in [0.15, 0.2) is 5.82 Å². The Bertz CT molecular complexity index is 1160. The van der Waals surface area contributed by atoms with Gasteiger partial charge in [-0.05, 0) is 42.3 Å². The van der Waals surface area contributed by atoms with Crippen LogP contribution >= 0.6 is 11.8 Å². The highest BCUT2D eigenvalue weighted by molar-refractivity contribution is 7.99. The summed E-state index contributed by atoms with van der Waals surface area (Å²) in [5.74, 6) is -2.89. The van der Waals surface area contributed by atoms with Gasteiger partial charge in [-0.15, -0.1) is 11.8 Å². The first kappa shape index (κ1) is 23.7. The van der Waals surface area contributed by atoms with Gasteiger partial charge in [-0.1, -0.05) is 0 Å². The fraction of sp³-hybridized carbons (Fsp3) is 0.348. The summed E-state index contributed by atoms with van der Waals surface area (Å²) in [6.07, 6.45) is -2.82. The van der Waals surface area contributed by atoms with E-state index in [0.717, 1.165) is 11.6 Å². The van der Waals surface area contributed by atoms with Crippen molar-refractivity contribution in [3.05, 3.63) is 65.1 Å². The van der Waals surface area contributed by atoms with Crippen LogP contribution in [0.2, 0.25) is 0 Å². The summed E-state index contributed by atoms with van der Waals surface area (Å²) in [5, 5.41) is 0.410. The Kier molecular flexibility index (Phi) is 6.76. The molecule has 176 valence electrons. The number of pyridine rings is 1. The van der Waals surface area contributed by atoms with Crippen LogP contribution in [0.4, 0.5) is 32.0 Å². The SMILES string of the molecule is Cc1cc(F)c(N2CCN(Cc3ccnc4c(F)cc(F)cc34)CC2)cc1SCC(F)(F)F. The molecule has 3 aromatic rings. The van der Waals surface area contributed by atoms with Crippen LogP contribution in [-0.2, 0) is 6.54 Å². The van der Waals surface area contributed by atoms with Crippen molar-refractivity contribution < 1.29 is 26.3 Å². The van der Waals surface area contributed by atoms with Crippen LogP contribution in [0.3, 0.4) is 0 Å². The van der Waals surface area contributed by atoms with Crippen molar-refractivity contribution in [2.75, 3.05) is 36.8 Å². The number of piperazine rings is 1. The molecule has 1 aliphatic heterocycles. The van der Waals surface area contributed by atoms with Crippen molar-refractivity contribution in [2.24, 2.45) is 0 Å². The normalized spacial score (nSPS) is 15.4. The van der Waals surface area contributed by atoms with Gasteiger partial charge in [-0.25, -0.2) is 13.2 Å². The molecule has 0 aliphatic carbocycles. The number of alkyl halides is 3. The van der Waals surface area contributed by atoms with Crippen molar-refractivity contribution in [1.29, 1.82) is 0 Å². The lowest BCUT2D eigenvalue weighted by Crippen LogP contribution is -2.46. The van der Waals surface area contributed by atoms with Gasteiger partial charge in [0.05, 0.1) is 11.4 Å². The number of benzene rings is 2. The average Bonchev–Trinajstić information content (AvgIpc) is 2.74. The highest BCUT2D eigenvalue weighted by Crippen LogP contribution is 2.34. The number of hydrogen-bond acceptors (Lipinski definition) is 4. The van der Waals surface area contributed by atoms with Gasteiger partial charge in [0.1, 0.15) is 17.2 Å². The van der Waals surface area contributed by atoms with E-state index in [1.165, 1.54) is 24.4 Å². The molecule has 0 bridgehead atoms. The highest BCUT2D eigenvalue weighted by atomic mass is 32.2. The molecule has 1 fully saturated rings. The molecule has 0 unspecified atom stereocenters. The Morgan fingerprint density at radius 2 is 1.70 bits per heavy atom. The number of hydrogen-bond donors (Lipinski definition) is 0. The first-order valence-corrected chi connectivity index (χ1v) is 11.3. The fourth-order valence-corrected chi connectivity index (χ4v) is 4.76. The van der Waals surface area contributed by atoms with Crippen molar-refractivity contribution in [1.82, 2.24) is 9.88 Å². The maximum Gasteiger partial charge on any atom is 0.398 e. The predicted octanol–water partition coefficient (Wildman–Crippen LogP) is 5.94. The lowest BCUT2D eigenvalue weighted by atomic mass is 10.1. The van der Waals surface area contributed by atoms with Gasteiger partial charge in [0.2, 0.25) is 0 Å². The van der Waals surface area contributed by atoms with Gasteiger partial charge in [0, 0.05) is 55.3 Å². The topological polar surface area (TPSA) is 19.4 Å². The first-order valence-electron chi connectivity index (χ1n) is 10.3. The molecule has 0 amide bonds. The first-order chi connectivity index (χ1) is 15.6. The van der Waals surface area contributed by atoms with E-state index in [4.69, 9.17) is 0 Å². The van der Waals surface area contributed by atoms with Crippen LogP contribution < -0.4 is 4.90 Å². The van der Waals surface area contributed by atoms with Gasteiger partial charge >= 0.3 is 6.18 Å². The van der Waals surface area contributed by atoms with E-state index in [1.54, 1.807) is 13.0 Å². The van der Waals surface area contributed by atoms with Gasteiger partial charge in [0.25, 0.3) is 0 Å². The number of nitrogens with zero attached hydrogens (tertiary/aromatic N) is 3. The number of aromatic nitrogens is 1. The smallest absolute Gasteiger partial charge is 0.367 e. The molecule has 33 heavy (non-hydrogen) atoms. The Hall–Kier alpha value is -2.46. The highest BCUT2D eigenvalue weighted by Gasteiger charge is 2.28. The predicted molar refractivity (Wildman–Crippen MR) is 117 cm³/mol. The maximum atomic E-state index is 14.6. The number of rotatable bonds is 5. The van der Waals surface area contributed by atoms with Crippen molar-refractivity contribution >= 4 is 28.4 Å². The second-order valence-corrected chi connectivity index (χ2v) is 9.01. The second-order valence-electron chi connectivity index (χ2n) is 7.99. The second kappa shape index (κ2) is 9.42. The lowest BCUT2D eigenvalue weighted by molar-refractivity contribution is -0.105.